The van der Waals surface area contributed by atoms with E-state index in [2.05, 4.69) is 4.72 Å². The summed E-state index contributed by atoms with van der Waals surface area (Å²) in [7, 11) is 0.200. The summed E-state index contributed by atoms with van der Waals surface area (Å²) in [5.41, 5.74) is 1.05. The fourth-order valence-corrected chi connectivity index (χ4v) is 3.76. The summed E-state index contributed by atoms with van der Waals surface area (Å²) in [6.07, 6.45) is 0. The highest BCUT2D eigenvalue weighted by Gasteiger charge is 2.21. The molecule has 0 aromatic heterocycles. The molecule has 1 atom stereocenters. The number of rotatable bonds is 6. The van der Waals surface area contributed by atoms with E-state index in [4.69, 9.17) is 11.6 Å². The number of sulfonamides is 1. The molecule has 4 nitrogen and oxygen atoms in total. The molecule has 0 spiro atoms. The Kier molecular flexibility index (Phi) is 5.58. The van der Waals surface area contributed by atoms with Crippen LogP contribution >= 0.6 is 11.6 Å². The van der Waals surface area contributed by atoms with Crippen LogP contribution in [-0.4, -0.2) is 34.0 Å². The summed E-state index contributed by atoms with van der Waals surface area (Å²) in [5, 5.41) is 0.219. The highest BCUT2D eigenvalue weighted by Crippen LogP contribution is 2.22. The van der Waals surface area contributed by atoms with E-state index in [-0.39, 0.29) is 22.5 Å². The van der Waals surface area contributed by atoms with Gasteiger partial charge in [0.25, 0.3) is 0 Å². The van der Waals surface area contributed by atoms with Crippen molar-refractivity contribution in [2.45, 2.75) is 10.9 Å². The van der Waals surface area contributed by atoms with Gasteiger partial charge in [0.1, 0.15) is 4.90 Å². The lowest BCUT2D eigenvalue weighted by Gasteiger charge is -2.25. The van der Waals surface area contributed by atoms with Gasteiger partial charge in [0.15, 0.2) is 0 Å². The molecule has 2 aromatic rings. The maximum atomic E-state index is 12.4. The van der Waals surface area contributed by atoms with Crippen molar-refractivity contribution in [3.63, 3.8) is 0 Å². The maximum Gasteiger partial charge on any atom is 0.242 e. The quantitative estimate of drug-likeness (QED) is 0.881. The predicted molar refractivity (Wildman–Crippen MR) is 89.5 cm³/mol. The zero-order chi connectivity index (χ0) is 16.2. The topological polar surface area (TPSA) is 49.4 Å². The van der Waals surface area contributed by atoms with Crippen LogP contribution in [-0.2, 0) is 10.0 Å². The highest BCUT2D eigenvalue weighted by molar-refractivity contribution is 7.89. The Hall–Kier alpha value is -1.40. The SMILES string of the molecule is CN(C)C(CNS(=O)(=O)c1ccccc1Cl)c1ccccc1. The van der Waals surface area contributed by atoms with Gasteiger partial charge in [0.05, 0.1) is 5.02 Å². The van der Waals surface area contributed by atoms with Crippen LogP contribution in [0.25, 0.3) is 0 Å². The van der Waals surface area contributed by atoms with E-state index in [0.29, 0.717) is 0 Å². The summed E-state index contributed by atoms with van der Waals surface area (Å²) in [5.74, 6) is 0. The summed E-state index contributed by atoms with van der Waals surface area (Å²) in [4.78, 5) is 2.08. The van der Waals surface area contributed by atoms with Gasteiger partial charge >= 0.3 is 0 Å². The third kappa shape index (κ3) is 4.08. The van der Waals surface area contributed by atoms with Crippen molar-refractivity contribution in [3.8, 4) is 0 Å². The van der Waals surface area contributed by atoms with E-state index in [0.717, 1.165) is 5.56 Å². The Labute approximate surface area is 136 Å². The van der Waals surface area contributed by atoms with Crippen LogP contribution in [0.3, 0.4) is 0 Å². The van der Waals surface area contributed by atoms with E-state index in [1.165, 1.54) is 6.07 Å². The zero-order valence-electron chi connectivity index (χ0n) is 12.5. The molecule has 0 bridgehead atoms. The van der Waals surface area contributed by atoms with Crippen molar-refractivity contribution >= 4 is 21.6 Å². The number of nitrogens with zero attached hydrogens (tertiary/aromatic N) is 1. The maximum absolute atomic E-state index is 12.4. The van der Waals surface area contributed by atoms with E-state index >= 15 is 0 Å². The molecule has 0 aliphatic heterocycles. The number of hydrogen-bond donors (Lipinski definition) is 1. The van der Waals surface area contributed by atoms with Gasteiger partial charge in [0, 0.05) is 12.6 Å². The molecule has 22 heavy (non-hydrogen) atoms. The van der Waals surface area contributed by atoms with Crippen LogP contribution in [0, 0.1) is 0 Å². The lowest BCUT2D eigenvalue weighted by molar-refractivity contribution is 0.299. The van der Waals surface area contributed by atoms with E-state index < -0.39 is 10.0 Å². The Morgan fingerprint density at radius 2 is 1.64 bits per heavy atom. The van der Waals surface area contributed by atoms with Crippen LogP contribution < -0.4 is 4.72 Å². The van der Waals surface area contributed by atoms with Gasteiger partial charge < -0.3 is 4.90 Å². The molecule has 0 radical (unpaired) electrons. The predicted octanol–water partition coefficient (Wildman–Crippen LogP) is 2.92. The Morgan fingerprint density at radius 1 is 1.05 bits per heavy atom. The van der Waals surface area contributed by atoms with Gasteiger partial charge in [-0.3, -0.25) is 0 Å². The van der Waals surface area contributed by atoms with Crippen molar-refractivity contribution < 1.29 is 8.42 Å². The monoisotopic (exact) mass is 338 g/mol. The van der Waals surface area contributed by atoms with Crippen LogP contribution in [0.15, 0.2) is 59.5 Å². The molecule has 0 aliphatic rings. The van der Waals surface area contributed by atoms with E-state index in [1.54, 1.807) is 18.2 Å². The second-order valence-electron chi connectivity index (χ2n) is 5.17. The van der Waals surface area contributed by atoms with Gasteiger partial charge in [-0.1, -0.05) is 54.1 Å². The first-order chi connectivity index (χ1) is 10.4. The van der Waals surface area contributed by atoms with Gasteiger partial charge in [-0.15, -0.1) is 0 Å². The molecule has 0 saturated heterocycles. The molecule has 1 N–H and O–H groups in total. The normalized spacial score (nSPS) is 13.3. The van der Waals surface area contributed by atoms with Gasteiger partial charge in [-0.2, -0.15) is 0 Å². The molecule has 0 heterocycles. The van der Waals surface area contributed by atoms with Crippen molar-refractivity contribution in [1.29, 1.82) is 0 Å². The van der Waals surface area contributed by atoms with Crippen LogP contribution in [0.4, 0.5) is 0 Å². The lowest BCUT2D eigenvalue weighted by atomic mass is 10.1. The highest BCUT2D eigenvalue weighted by atomic mass is 35.5. The summed E-state index contributed by atoms with van der Waals surface area (Å²) >= 11 is 5.97. The van der Waals surface area contributed by atoms with Crippen molar-refractivity contribution in [1.82, 2.24) is 9.62 Å². The number of likely N-dealkylation sites (N-methyl/N-ethyl adjacent to an activating group) is 1. The zero-order valence-corrected chi connectivity index (χ0v) is 14.1. The van der Waals surface area contributed by atoms with E-state index in [9.17, 15) is 8.42 Å². The van der Waals surface area contributed by atoms with Crippen LogP contribution in [0.5, 0.6) is 0 Å². The fraction of sp³-hybridized carbons (Fsp3) is 0.250. The average Bonchev–Trinajstić information content (AvgIpc) is 2.48. The number of hydrogen-bond acceptors (Lipinski definition) is 3. The summed E-state index contributed by atoms with van der Waals surface area (Å²) in [6, 6.07) is 16.1. The second kappa shape index (κ2) is 7.24. The third-order valence-electron chi connectivity index (χ3n) is 3.40. The number of halogens is 1. The molecular formula is C16H19ClN2O2S. The smallest absolute Gasteiger partial charge is 0.242 e. The molecule has 2 aromatic carbocycles. The molecule has 0 saturated carbocycles. The molecule has 2 rings (SSSR count). The number of nitrogens with one attached hydrogen (secondary N) is 1. The number of benzene rings is 2. The fourth-order valence-electron chi connectivity index (χ4n) is 2.20. The third-order valence-corrected chi connectivity index (χ3v) is 5.32. The van der Waals surface area contributed by atoms with Gasteiger partial charge in [0.2, 0.25) is 10.0 Å². The first-order valence-corrected chi connectivity index (χ1v) is 8.73. The molecule has 1 unspecified atom stereocenters. The molecule has 0 aliphatic carbocycles. The molecule has 0 amide bonds. The Morgan fingerprint density at radius 3 is 2.23 bits per heavy atom. The second-order valence-corrected chi connectivity index (χ2v) is 7.31. The van der Waals surface area contributed by atoms with Crippen molar-refractivity contribution in [3.05, 3.63) is 65.2 Å². The summed E-state index contributed by atoms with van der Waals surface area (Å²) < 4.78 is 27.4. The van der Waals surface area contributed by atoms with Crippen molar-refractivity contribution in [2.75, 3.05) is 20.6 Å². The first-order valence-electron chi connectivity index (χ1n) is 6.87. The Balaban J connectivity index is 2.18. The van der Waals surface area contributed by atoms with Gasteiger partial charge in [-0.05, 0) is 31.8 Å². The minimum absolute atomic E-state index is 0.0570. The minimum atomic E-state index is -3.64. The van der Waals surface area contributed by atoms with E-state index in [1.807, 2.05) is 49.3 Å². The molecule has 118 valence electrons. The molecule has 6 heteroatoms. The largest absolute Gasteiger partial charge is 0.301 e. The first kappa shape index (κ1) is 17.0. The Bertz CT molecular complexity index is 718. The van der Waals surface area contributed by atoms with Crippen LogP contribution in [0.2, 0.25) is 5.02 Å². The standard InChI is InChI=1S/C16H19ClN2O2S/c1-19(2)15(13-8-4-3-5-9-13)12-18-22(20,21)16-11-7-6-10-14(16)17/h3-11,15,18H,12H2,1-2H3. The van der Waals surface area contributed by atoms with Gasteiger partial charge in [-0.25, -0.2) is 13.1 Å². The lowest BCUT2D eigenvalue weighted by Crippen LogP contribution is -2.34. The van der Waals surface area contributed by atoms with Crippen LogP contribution in [0.1, 0.15) is 11.6 Å². The average molecular weight is 339 g/mol. The molecular weight excluding hydrogens is 320 g/mol. The van der Waals surface area contributed by atoms with Crippen molar-refractivity contribution in [2.24, 2.45) is 0 Å². The minimum Gasteiger partial charge on any atom is -0.301 e. The summed E-state index contributed by atoms with van der Waals surface area (Å²) in [6.45, 7) is 0.268. The molecule has 0 fully saturated rings.